The molecule has 14 heavy (non-hydrogen) atoms. The molecule has 4 heteroatoms. The summed E-state index contributed by atoms with van der Waals surface area (Å²) in [5, 5.41) is 8.19. The standard InChI is InChI=1S/C10H14N2OS/c13-10-7-11-8(6-12-10)3-4-9-2-1-5-14-9/h1-2,5,8,11H,3-4,6-7H2,(H,12,13). The number of hydrogen-bond acceptors (Lipinski definition) is 3. The molecule has 0 spiro atoms. The molecular formula is C10H14N2OS. The van der Waals surface area contributed by atoms with Crippen molar-refractivity contribution in [2.75, 3.05) is 13.1 Å². The second-order valence-electron chi connectivity index (χ2n) is 3.50. The molecule has 0 aromatic carbocycles. The Bertz CT molecular complexity index is 287. The molecule has 2 heterocycles. The third kappa shape index (κ3) is 2.56. The number of nitrogens with one attached hydrogen (secondary N) is 2. The van der Waals surface area contributed by atoms with Gasteiger partial charge >= 0.3 is 0 Å². The van der Waals surface area contributed by atoms with E-state index < -0.39 is 0 Å². The number of piperazine rings is 1. The average molecular weight is 210 g/mol. The highest BCUT2D eigenvalue weighted by molar-refractivity contribution is 7.09. The van der Waals surface area contributed by atoms with Gasteiger partial charge in [0, 0.05) is 17.5 Å². The van der Waals surface area contributed by atoms with Gasteiger partial charge in [-0.15, -0.1) is 11.3 Å². The predicted molar refractivity (Wildman–Crippen MR) is 57.4 cm³/mol. The van der Waals surface area contributed by atoms with E-state index in [4.69, 9.17) is 0 Å². The smallest absolute Gasteiger partial charge is 0.234 e. The zero-order valence-corrected chi connectivity index (χ0v) is 8.77. The summed E-state index contributed by atoms with van der Waals surface area (Å²) in [6.45, 7) is 1.24. The van der Waals surface area contributed by atoms with E-state index in [-0.39, 0.29) is 5.91 Å². The Morgan fingerprint density at radius 1 is 1.57 bits per heavy atom. The van der Waals surface area contributed by atoms with Crippen LogP contribution in [-0.2, 0) is 11.2 Å². The Hall–Kier alpha value is -0.870. The lowest BCUT2D eigenvalue weighted by molar-refractivity contribution is -0.121. The fourth-order valence-electron chi connectivity index (χ4n) is 1.58. The minimum absolute atomic E-state index is 0.109. The lowest BCUT2D eigenvalue weighted by Crippen LogP contribution is -2.51. The lowest BCUT2D eigenvalue weighted by Gasteiger charge is -2.23. The van der Waals surface area contributed by atoms with Gasteiger partial charge in [0.25, 0.3) is 0 Å². The van der Waals surface area contributed by atoms with Crippen LogP contribution < -0.4 is 10.6 Å². The molecule has 1 aliphatic heterocycles. The quantitative estimate of drug-likeness (QED) is 0.773. The van der Waals surface area contributed by atoms with Crippen LogP contribution in [0.5, 0.6) is 0 Å². The molecule has 1 atom stereocenters. The summed E-state index contributed by atoms with van der Waals surface area (Å²) in [5.41, 5.74) is 0. The van der Waals surface area contributed by atoms with Gasteiger partial charge in [-0.25, -0.2) is 0 Å². The Balaban J connectivity index is 1.73. The van der Waals surface area contributed by atoms with E-state index in [1.807, 2.05) is 0 Å². The molecular weight excluding hydrogens is 196 g/mol. The zero-order chi connectivity index (χ0) is 9.80. The number of carbonyl (C=O) groups excluding carboxylic acids is 1. The second kappa shape index (κ2) is 4.57. The van der Waals surface area contributed by atoms with Gasteiger partial charge in [-0.1, -0.05) is 6.07 Å². The zero-order valence-electron chi connectivity index (χ0n) is 7.95. The first-order valence-corrected chi connectivity index (χ1v) is 5.75. The Kier molecular flexibility index (Phi) is 3.16. The van der Waals surface area contributed by atoms with Gasteiger partial charge in [0.1, 0.15) is 0 Å². The molecule has 76 valence electrons. The molecule has 1 unspecified atom stereocenters. The van der Waals surface area contributed by atoms with Crippen molar-refractivity contribution in [3.8, 4) is 0 Å². The highest BCUT2D eigenvalue weighted by Gasteiger charge is 2.16. The Labute approximate surface area is 87.5 Å². The van der Waals surface area contributed by atoms with Crippen LogP contribution in [0, 0.1) is 0 Å². The van der Waals surface area contributed by atoms with Crippen LogP contribution in [0.15, 0.2) is 17.5 Å². The molecule has 1 amide bonds. The third-order valence-corrected chi connectivity index (χ3v) is 3.35. The fourth-order valence-corrected chi connectivity index (χ4v) is 2.31. The summed E-state index contributed by atoms with van der Waals surface area (Å²) in [5.74, 6) is 0.109. The number of amides is 1. The summed E-state index contributed by atoms with van der Waals surface area (Å²) < 4.78 is 0. The normalized spacial score (nSPS) is 22.0. The van der Waals surface area contributed by atoms with Crippen LogP contribution in [-0.4, -0.2) is 25.0 Å². The molecule has 1 saturated heterocycles. The van der Waals surface area contributed by atoms with E-state index in [9.17, 15) is 4.79 Å². The second-order valence-corrected chi connectivity index (χ2v) is 4.53. The van der Waals surface area contributed by atoms with Crippen molar-refractivity contribution in [2.24, 2.45) is 0 Å². The number of hydrogen-bond donors (Lipinski definition) is 2. The number of aryl methyl sites for hydroxylation is 1. The van der Waals surface area contributed by atoms with Crippen LogP contribution in [0.4, 0.5) is 0 Å². The minimum Gasteiger partial charge on any atom is -0.353 e. The van der Waals surface area contributed by atoms with E-state index in [1.54, 1.807) is 11.3 Å². The fraction of sp³-hybridized carbons (Fsp3) is 0.500. The van der Waals surface area contributed by atoms with Gasteiger partial charge in [0.2, 0.25) is 5.91 Å². The van der Waals surface area contributed by atoms with Gasteiger partial charge in [-0.3, -0.25) is 4.79 Å². The van der Waals surface area contributed by atoms with Crippen LogP contribution in [0.1, 0.15) is 11.3 Å². The van der Waals surface area contributed by atoms with E-state index in [1.165, 1.54) is 4.88 Å². The van der Waals surface area contributed by atoms with Crippen molar-refractivity contribution in [1.29, 1.82) is 0 Å². The van der Waals surface area contributed by atoms with Crippen LogP contribution in [0.2, 0.25) is 0 Å². The van der Waals surface area contributed by atoms with E-state index >= 15 is 0 Å². The summed E-state index contributed by atoms with van der Waals surface area (Å²) in [7, 11) is 0. The van der Waals surface area contributed by atoms with Gasteiger partial charge in [-0.05, 0) is 24.3 Å². The molecule has 0 saturated carbocycles. The van der Waals surface area contributed by atoms with Crippen molar-refractivity contribution in [3.05, 3.63) is 22.4 Å². The van der Waals surface area contributed by atoms with Gasteiger partial charge in [0.15, 0.2) is 0 Å². The van der Waals surface area contributed by atoms with Crippen molar-refractivity contribution in [2.45, 2.75) is 18.9 Å². The molecule has 0 radical (unpaired) electrons. The lowest BCUT2D eigenvalue weighted by atomic mass is 10.1. The SMILES string of the molecule is O=C1CNC(CCc2cccs2)CN1. The van der Waals surface area contributed by atoms with Crippen molar-refractivity contribution in [3.63, 3.8) is 0 Å². The molecule has 1 fully saturated rings. The maximum absolute atomic E-state index is 10.9. The van der Waals surface area contributed by atoms with Gasteiger partial charge < -0.3 is 10.6 Å². The largest absolute Gasteiger partial charge is 0.353 e. The summed E-state index contributed by atoms with van der Waals surface area (Å²) in [6.07, 6.45) is 2.20. The summed E-state index contributed by atoms with van der Waals surface area (Å²) in [6, 6.07) is 4.68. The molecule has 1 aromatic rings. The van der Waals surface area contributed by atoms with E-state index in [0.29, 0.717) is 12.6 Å². The van der Waals surface area contributed by atoms with Crippen LogP contribution in [0.25, 0.3) is 0 Å². The molecule has 1 aliphatic rings. The molecule has 3 nitrogen and oxygen atoms in total. The summed E-state index contributed by atoms with van der Waals surface area (Å²) in [4.78, 5) is 12.3. The molecule has 1 aromatic heterocycles. The predicted octanol–water partition coefficient (Wildman–Crippen LogP) is 0.769. The molecule has 0 bridgehead atoms. The topological polar surface area (TPSA) is 41.1 Å². The average Bonchev–Trinajstić information content (AvgIpc) is 2.70. The molecule has 0 aliphatic carbocycles. The first-order valence-electron chi connectivity index (χ1n) is 4.87. The first kappa shape index (κ1) is 9.68. The highest BCUT2D eigenvalue weighted by atomic mass is 32.1. The molecule has 2 N–H and O–H groups in total. The van der Waals surface area contributed by atoms with Crippen molar-refractivity contribution >= 4 is 17.2 Å². The van der Waals surface area contributed by atoms with Gasteiger partial charge in [-0.2, -0.15) is 0 Å². The van der Waals surface area contributed by atoms with Crippen molar-refractivity contribution < 1.29 is 4.79 Å². The Morgan fingerprint density at radius 3 is 3.14 bits per heavy atom. The third-order valence-electron chi connectivity index (χ3n) is 2.42. The maximum atomic E-state index is 10.9. The first-order chi connectivity index (χ1) is 6.84. The number of thiophene rings is 1. The summed E-state index contributed by atoms with van der Waals surface area (Å²) >= 11 is 1.80. The van der Waals surface area contributed by atoms with E-state index in [2.05, 4.69) is 28.1 Å². The van der Waals surface area contributed by atoms with Gasteiger partial charge in [0.05, 0.1) is 6.54 Å². The monoisotopic (exact) mass is 210 g/mol. The van der Waals surface area contributed by atoms with Crippen LogP contribution >= 0.6 is 11.3 Å². The highest BCUT2D eigenvalue weighted by Crippen LogP contribution is 2.12. The van der Waals surface area contributed by atoms with Crippen LogP contribution in [0.3, 0.4) is 0 Å². The molecule has 2 rings (SSSR count). The minimum atomic E-state index is 0.109. The number of rotatable bonds is 3. The maximum Gasteiger partial charge on any atom is 0.234 e. The van der Waals surface area contributed by atoms with E-state index in [0.717, 1.165) is 19.4 Å². The Morgan fingerprint density at radius 2 is 2.50 bits per heavy atom. The van der Waals surface area contributed by atoms with Crippen molar-refractivity contribution in [1.82, 2.24) is 10.6 Å². The number of carbonyl (C=O) groups is 1.